The van der Waals surface area contributed by atoms with E-state index < -0.39 is 0 Å². The Balaban J connectivity index is 0.00000300. The second kappa shape index (κ2) is 10.9. The maximum absolute atomic E-state index is 12.6. The van der Waals surface area contributed by atoms with Crippen LogP contribution < -0.4 is 10.6 Å². The summed E-state index contributed by atoms with van der Waals surface area (Å²) in [7, 11) is 1.80. The Morgan fingerprint density at radius 2 is 2.03 bits per heavy atom. The molecule has 1 saturated heterocycles. The van der Waals surface area contributed by atoms with E-state index in [1.165, 1.54) is 12.8 Å². The molecule has 0 aromatic carbocycles. The Kier molecular flexibility index (Phi) is 9.18. The molecule has 2 N–H and O–H groups in total. The zero-order chi connectivity index (χ0) is 20.1. The predicted octanol–water partition coefficient (Wildman–Crippen LogP) is 3.56. The Bertz CT molecular complexity index is 693. The Labute approximate surface area is 196 Å². The molecule has 164 valence electrons. The maximum atomic E-state index is 12.6. The lowest BCUT2D eigenvalue weighted by molar-refractivity contribution is -0.134. The third kappa shape index (κ3) is 6.80. The molecular weight excluding hydrogens is 497 g/mol. The van der Waals surface area contributed by atoms with Crippen molar-refractivity contribution in [3.8, 4) is 0 Å². The summed E-state index contributed by atoms with van der Waals surface area (Å²) in [5, 5.41) is 10.2. The van der Waals surface area contributed by atoms with Crippen molar-refractivity contribution in [2.45, 2.75) is 70.8 Å². The number of nitrogens with zero attached hydrogens (tertiary/aromatic N) is 3. The van der Waals surface area contributed by atoms with Crippen LogP contribution >= 0.6 is 35.3 Å². The summed E-state index contributed by atoms with van der Waals surface area (Å²) in [6.07, 6.45) is 6.44. The van der Waals surface area contributed by atoms with Gasteiger partial charge in [0.25, 0.3) is 0 Å². The van der Waals surface area contributed by atoms with Gasteiger partial charge in [0.2, 0.25) is 5.91 Å². The molecule has 0 bridgehead atoms. The highest BCUT2D eigenvalue weighted by Gasteiger charge is 2.32. The standard InChI is InChI=1S/C21H35N5OS.HI/c1-21(2,3)17-14-28-18(25-17)9-11-23-20(22-4)24-16-10-12-26(13-16)19(27)15-7-5-6-8-15;/h14-16H,5-13H2,1-4H3,(H2,22,23,24);1H. The molecule has 3 rings (SSSR count). The summed E-state index contributed by atoms with van der Waals surface area (Å²) in [5.74, 6) is 1.45. The summed E-state index contributed by atoms with van der Waals surface area (Å²) in [6, 6.07) is 0.281. The van der Waals surface area contributed by atoms with Gasteiger partial charge >= 0.3 is 0 Å². The van der Waals surface area contributed by atoms with Gasteiger partial charge in [-0.2, -0.15) is 0 Å². The molecule has 1 amide bonds. The van der Waals surface area contributed by atoms with Crippen LogP contribution in [0, 0.1) is 5.92 Å². The maximum Gasteiger partial charge on any atom is 0.225 e. The van der Waals surface area contributed by atoms with E-state index in [2.05, 4.69) is 41.8 Å². The van der Waals surface area contributed by atoms with E-state index in [1.54, 1.807) is 18.4 Å². The number of guanidine groups is 1. The fourth-order valence-electron chi connectivity index (χ4n) is 3.96. The lowest BCUT2D eigenvalue weighted by Gasteiger charge is -2.21. The number of aromatic nitrogens is 1. The average Bonchev–Trinajstić information content (AvgIpc) is 3.40. The number of aliphatic imine (C=N–C) groups is 1. The molecule has 1 atom stereocenters. The van der Waals surface area contributed by atoms with Gasteiger partial charge in [-0.05, 0) is 19.3 Å². The Hall–Kier alpha value is -0.900. The highest BCUT2D eigenvalue weighted by Crippen LogP contribution is 2.28. The lowest BCUT2D eigenvalue weighted by Crippen LogP contribution is -2.45. The van der Waals surface area contributed by atoms with Crippen LogP contribution in [0.2, 0.25) is 0 Å². The Morgan fingerprint density at radius 1 is 1.31 bits per heavy atom. The van der Waals surface area contributed by atoms with Crippen molar-refractivity contribution in [2.75, 3.05) is 26.7 Å². The normalized spacial score (nSPS) is 20.6. The molecule has 1 unspecified atom stereocenters. The molecule has 1 saturated carbocycles. The monoisotopic (exact) mass is 533 g/mol. The van der Waals surface area contributed by atoms with Crippen molar-refractivity contribution in [2.24, 2.45) is 10.9 Å². The van der Waals surface area contributed by atoms with Gasteiger partial charge in [-0.3, -0.25) is 9.79 Å². The van der Waals surface area contributed by atoms with Gasteiger partial charge < -0.3 is 15.5 Å². The number of hydrogen-bond donors (Lipinski definition) is 2. The van der Waals surface area contributed by atoms with E-state index in [0.29, 0.717) is 5.91 Å². The molecular formula is C21H36IN5OS. The summed E-state index contributed by atoms with van der Waals surface area (Å²) in [6.45, 7) is 9.03. The first kappa shape index (κ1) is 24.4. The molecule has 1 aromatic heterocycles. The van der Waals surface area contributed by atoms with Gasteiger partial charge in [0.1, 0.15) is 0 Å². The smallest absolute Gasteiger partial charge is 0.225 e. The minimum Gasteiger partial charge on any atom is -0.356 e. The largest absolute Gasteiger partial charge is 0.356 e. The second-order valence-electron chi connectivity index (χ2n) is 9.02. The topological polar surface area (TPSA) is 69.6 Å². The molecule has 2 aliphatic rings. The van der Waals surface area contributed by atoms with Crippen LogP contribution in [0.3, 0.4) is 0 Å². The van der Waals surface area contributed by atoms with Crippen molar-refractivity contribution in [1.29, 1.82) is 0 Å². The van der Waals surface area contributed by atoms with Crippen LogP contribution in [0.15, 0.2) is 10.4 Å². The number of likely N-dealkylation sites (tertiary alicyclic amines) is 1. The van der Waals surface area contributed by atoms with Gasteiger partial charge in [-0.25, -0.2) is 4.98 Å². The number of rotatable bonds is 5. The summed E-state index contributed by atoms with van der Waals surface area (Å²) in [5.41, 5.74) is 1.26. The van der Waals surface area contributed by atoms with Gasteiger partial charge in [0.15, 0.2) is 5.96 Å². The molecule has 0 radical (unpaired) electrons. The fourth-order valence-corrected chi connectivity index (χ4v) is 4.98. The minimum absolute atomic E-state index is 0. The number of carbonyl (C=O) groups is 1. The van der Waals surface area contributed by atoms with E-state index in [0.717, 1.165) is 62.0 Å². The van der Waals surface area contributed by atoms with Crippen LogP contribution in [0.25, 0.3) is 0 Å². The summed E-state index contributed by atoms with van der Waals surface area (Å²) < 4.78 is 0. The quantitative estimate of drug-likeness (QED) is 0.345. The third-order valence-corrected chi connectivity index (χ3v) is 6.63. The molecule has 1 aliphatic carbocycles. The molecule has 2 fully saturated rings. The van der Waals surface area contributed by atoms with Crippen LogP contribution in [-0.2, 0) is 16.6 Å². The van der Waals surface area contributed by atoms with E-state index in [4.69, 9.17) is 4.98 Å². The third-order valence-electron chi connectivity index (χ3n) is 5.72. The van der Waals surface area contributed by atoms with Crippen LogP contribution in [0.5, 0.6) is 0 Å². The van der Waals surface area contributed by atoms with Gasteiger partial charge in [-0.15, -0.1) is 35.3 Å². The molecule has 0 spiro atoms. The van der Waals surface area contributed by atoms with E-state index in [1.807, 2.05) is 4.90 Å². The zero-order valence-corrected chi connectivity index (χ0v) is 21.3. The first-order valence-corrected chi connectivity index (χ1v) is 11.5. The minimum atomic E-state index is 0. The molecule has 8 heteroatoms. The van der Waals surface area contributed by atoms with E-state index in [9.17, 15) is 4.79 Å². The van der Waals surface area contributed by atoms with Crippen LogP contribution in [0.4, 0.5) is 0 Å². The molecule has 1 aliphatic heterocycles. The average molecular weight is 534 g/mol. The van der Waals surface area contributed by atoms with Gasteiger partial charge in [-0.1, -0.05) is 33.6 Å². The fraction of sp³-hybridized carbons (Fsp3) is 0.762. The predicted molar refractivity (Wildman–Crippen MR) is 131 cm³/mol. The van der Waals surface area contributed by atoms with Crippen molar-refractivity contribution in [3.05, 3.63) is 16.1 Å². The highest BCUT2D eigenvalue weighted by atomic mass is 127. The van der Waals surface area contributed by atoms with Crippen molar-refractivity contribution in [1.82, 2.24) is 20.5 Å². The van der Waals surface area contributed by atoms with Crippen molar-refractivity contribution in [3.63, 3.8) is 0 Å². The van der Waals surface area contributed by atoms with Gasteiger partial charge in [0.05, 0.1) is 10.7 Å². The number of hydrogen-bond acceptors (Lipinski definition) is 4. The first-order valence-electron chi connectivity index (χ1n) is 10.6. The number of halogens is 1. The first-order chi connectivity index (χ1) is 13.4. The molecule has 29 heavy (non-hydrogen) atoms. The number of nitrogens with one attached hydrogen (secondary N) is 2. The highest BCUT2D eigenvalue weighted by molar-refractivity contribution is 14.0. The second-order valence-corrected chi connectivity index (χ2v) is 9.96. The summed E-state index contributed by atoms with van der Waals surface area (Å²) >= 11 is 1.73. The van der Waals surface area contributed by atoms with Crippen LogP contribution in [0.1, 0.15) is 63.6 Å². The molecule has 1 aromatic rings. The van der Waals surface area contributed by atoms with E-state index >= 15 is 0 Å². The van der Waals surface area contributed by atoms with Crippen molar-refractivity contribution >= 4 is 47.2 Å². The van der Waals surface area contributed by atoms with Gasteiger partial charge in [0, 0.05) is 55.9 Å². The lowest BCUT2D eigenvalue weighted by atomic mass is 9.93. The zero-order valence-electron chi connectivity index (χ0n) is 18.2. The van der Waals surface area contributed by atoms with Crippen LogP contribution in [-0.4, -0.2) is 54.5 Å². The number of amides is 1. The Morgan fingerprint density at radius 3 is 2.66 bits per heavy atom. The summed E-state index contributed by atoms with van der Waals surface area (Å²) in [4.78, 5) is 23.7. The van der Waals surface area contributed by atoms with E-state index in [-0.39, 0.29) is 41.4 Å². The van der Waals surface area contributed by atoms with Crippen molar-refractivity contribution < 1.29 is 4.79 Å². The SMILES string of the molecule is CN=C(NCCc1nc(C(C)(C)C)cs1)NC1CCN(C(=O)C2CCCC2)C1.I. The molecule has 6 nitrogen and oxygen atoms in total. The molecule has 2 heterocycles. The number of thiazole rings is 1. The number of carbonyl (C=O) groups excluding carboxylic acids is 1.